The van der Waals surface area contributed by atoms with Crippen LogP contribution in [0.2, 0.25) is 5.02 Å². The number of alkyl carbamates (subject to hydrolysis) is 1. The summed E-state index contributed by atoms with van der Waals surface area (Å²) in [7, 11) is 0. The molecular formula is C17H19ClN2O6. The molecule has 0 unspecified atom stereocenters. The van der Waals surface area contributed by atoms with Crippen molar-refractivity contribution in [1.29, 1.82) is 0 Å². The van der Waals surface area contributed by atoms with E-state index < -0.39 is 30.5 Å². The van der Waals surface area contributed by atoms with Crippen LogP contribution in [0, 0.1) is 5.92 Å². The van der Waals surface area contributed by atoms with E-state index in [2.05, 4.69) is 4.74 Å². The van der Waals surface area contributed by atoms with Gasteiger partial charge in [0, 0.05) is 24.5 Å². The summed E-state index contributed by atoms with van der Waals surface area (Å²) >= 11 is 6.09. The van der Waals surface area contributed by atoms with Crippen molar-refractivity contribution >= 4 is 35.5 Å². The molecule has 26 heavy (non-hydrogen) atoms. The Hall–Kier alpha value is -2.61. The van der Waals surface area contributed by atoms with E-state index in [9.17, 15) is 19.2 Å². The molecule has 1 aromatic rings. The molecule has 8 nitrogen and oxygen atoms in total. The molecule has 0 spiro atoms. The van der Waals surface area contributed by atoms with Crippen LogP contribution in [-0.4, -0.2) is 48.5 Å². The number of nitrogens with zero attached hydrogens (tertiary/aromatic N) is 1. The molecule has 2 rings (SSSR count). The molecule has 0 radical (unpaired) electrons. The van der Waals surface area contributed by atoms with Crippen molar-refractivity contribution in [1.82, 2.24) is 10.2 Å². The molecule has 3 amide bonds. The topological polar surface area (TPSA) is 102 Å². The van der Waals surface area contributed by atoms with Gasteiger partial charge in [0.25, 0.3) is 5.91 Å². The number of likely N-dealkylation sites (tertiary alicyclic amines) is 1. The average molecular weight is 383 g/mol. The van der Waals surface area contributed by atoms with Crippen molar-refractivity contribution in [2.75, 3.05) is 19.8 Å². The third kappa shape index (κ3) is 5.45. The molecule has 1 aliphatic heterocycles. The van der Waals surface area contributed by atoms with Crippen molar-refractivity contribution in [2.45, 2.75) is 19.9 Å². The van der Waals surface area contributed by atoms with Gasteiger partial charge < -0.3 is 14.4 Å². The van der Waals surface area contributed by atoms with Gasteiger partial charge in [0.1, 0.15) is 0 Å². The molecule has 1 aliphatic rings. The Bertz CT molecular complexity index is 708. The van der Waals surface area contributed by atoms with Crippen LogP contribution >= 0.6 is 11.6 Å². The maximum atomic E-state index is 12.1. The molecule has 1 aromatic carbocycles. The Morgan fingerprint density at radius 2 is 2.00 bits per heavy atom. The second-order valence-electron chi connectivity index (χ2n) is 5.64. The van der Waals surface area contributed by atoms with E-state index in [-0.39, 0.29) is 25.5 Å². The van der Waals surface area contributed by atoms with Crippen LogP contribution in [0.3, 0.4) is 0 Å². The highest BCUT2D eigenvalue weighted by Gasteiger charge is 2.35. The predicted octanol–water partition coefficient (Wildman–Crippen LogP) is 1.50. The van der Waals surface area contributed by atoms with E-state index in [0.29, 0.717) is 11.6 Å². The number of rotatable bonds is 6. The fourth-order valence-corrected chi connectivity index (χ4v) is 2.68. The van der Waals surface area contributed by atoms with Gasteiger partial charge in [-0.15, -0.1) is 0 Å². The van der Waals surface area contributed by atoms with Gasteiger partial charge in [-0.2, -0.15) is 0 Å². The van der Waals surface area contributed by atoms with Crippen molar-refractivity contribution in [3.63, 3.8) is 0 Å². The SMILES string of the molecule is CCOC(=O)NC(=O)COC(=O)[C@@H]1CC(=O)N(Cc2ccccc2Cl)C1. The third-order valence-corrected chi connectivity index (χ3v) is 4.10. The molecule has 9 heteroatoms. The van der Waals surface area contributed by atoms with E-state index in [1.165, 1.54) is 4.90 Å². The van der Waals surface area contributed by atoms with Crippen molar-refractivity contribution in [3.05, 3.63) is 34.9 Å². The highest BCUT2D eigenvalue weighted by atomic mass is 35.5. The minimum absolute atomic E-state index is 0.00276. The lowest BCUT2D eigenvalue weighted by atomic mass is 10.1. The first-order valence-corrected chi connectivity index (χ1v) is 8.43. The molecular weight excluding hydrogens is 364 g/mol. The summed E-state index contributed by atoms with van der Waals surface area (Å²) in [6, 6.07) is 7.14. The normalized spacial score (nSPS) is 16.3. The van der Waals surface area contributed by atoms with Gasteiger partial charge in [-0.05, 0) is 18.6 Å². The maximum absolute atomic E-state index is 12.1. The largest absolute Gasteiger partial charge is 0.455 e. The molecule has 140 valence electrons. The Kier molecular flexibility index (Phi) is 6.97. The molecule has 0 aromatic heterocycles. The van der Waals surface area contributed by atoms with Crippen LogP contribution in [0.5, 0.6) is 0 Å². The lowest BCUT2D eigenvalue weighted by Crippen LogP contribution is -2.35. The summed E-state index contributed by atoms with van der Waals surface area (Å²) in [6.45, 7) is 1.57. The number of nitrogens with one attached hydrogen (secondary N) is 1. The van der Waals surface area contributed by atoms with Gasteiger partial charge in [-0.25, -0.2) is 4.79 Å². The van der Waals surface area contributed by atoms with Crippen LogP contribution in [-0.2, 0) is 30.4 Å². The number of ether oxygens (including phenoxy) is 2. The summed E-state index contributed by atoms with van der Waals surface area (Å²) in [5.41, 5.74) is 0.783. The standard InChI is InChI=1S/C17H19ClN2O6/c1-2-25-17(24)19-14(21)10-26-16(23)12-7-15(22)20(9-12)8-11-5-3-4-6-13(11)18/h3-6,12H,2,7-10H2,1H3,(H,19,21,24)/t12-/m1/s1. The van der Waals surface area contributed by atoms with E-state index in [1.807, 2.05) is 11.4 Å². The molecule has 1 saturated heterocycles. The molecule has 1 fully saturated rings. The number of carbonyl (C=O) groups excluding carboxylic acids is 4. The lowest BCUT2D eigenvalue weighted by molar-refractivity contribution is -0.152. The molecule has 0 saturated carbocycles. The van der Waals surface area contributed by atoms with Crippen LogP contribution < -0.4 is 5.32 Å². The van der Waals surface area contributed by atoms with Gasteiger partial charge in [-0.1, -0.05) is 29.8 Å². The van der Waals surface area contributed by atoms with E-state index in [1.54, 1.807) is 25.1 Å². The van der Waals surface area contributed by atoms with Gasteiger partial charge >= 0.3 is 12.1 Å². The number of carbonyl (C=O) groups is 4. The quantitative estimate of drug-likeness (QED) is 0.748. The summed E-state index contributed by atoms with van der Waals surface area (Å²) < 4.78 is 9.41. The lowest BCUT2D eigenvalue weighted by Gasteiger charge is -2.17. The van der Waals surface area contributed by atoms with E-state index >= 15 is 0 Å². The summed E-state index contributed by atoms with van der Waals surface area (Å²) in [6.07, 6.45) is -0.904. The van der Waals surface area contributed by atoms with Crippen molar-refractivity contribution in [3.8, 4) is 0 Å². The third-order valence-electron chi connectivity index (χ3n) is 3.73. The Balaban J connectivity index is 1.82. The number of benzene rings is 1. The van der Waals surface area contributed by atoms with Crippen LogP contribution in [0.15, 0.2) is 24.3 Å². The molecule has 0 bridgehead atoms. The van der Waals surface area contributed by atoms with E-state index in [4.69, 9.17) is 16.3 Å². The first-order valence-electron chi connectivity index (χ1n) is 8.05. The van der Waals surface area contributed by atoms with Gasteiger partial charge in [0.05, 0.1) is 12.5 Å². The molecule has 0 aliphatic carbocycles. The summed E-state index contributed by atoms with van der Waals surface area (Å²) in [5, 5.41) is 2.46. The fourth-order valence-electron chi connectivity index (χ4n) is 2.49. The summed E-state index contributed by atoms with van der Waals surface area (Å²) in [5.74, 6) is -2.32. The second kappa shape index (κ2) is 9.19. The average Bonchev–Trinajstić information content (AvgIpc) is 2.96. The zero-order valence-corrected chi connectivity index (χ0v) is 15.0. The van der Waals surface area contributed by atoms with Crippen LogP contribution in [0.25, 0.3) is 0 Å². The second-order valence-corrected chi connectivity index (χ2v) is 6.05. The van der Waals surface area contributed by atoms with Crippen molar-refractivity contribution in [2.24, 2.45) is 5.92 Å². The highest BCUT2D eigenvalue weighted by Crippen LogP contribution is 2.24. The maximum Gasteiger partial charge on any atom is 0.413 e. The predicted molar refractivity (Wildman–Crippen MR) is 91.1 cm³/mol. The smallest absolute Gasteiger partial charge is 0.413 e. The van der Waals surface area contributed by atoms with Crippen LogP contribution in [0.4, 0.5) is 4.79 Å². The number of esters is 1. The number of hydrogen-bond donors (Lipinski definition) is 1. The Labute approximate surface area is 155 Å². The van der Waals surface area contributed by atoms with E-state index in [0.717, 1.165) is 5.56 Å². The number of amides is 3. The van der Waals surface area contributed by atoms with Crippen LogP contribution in [0.1, 0.15) is 18.9 Å². The molecule has 1 N–H and O–H groups in total. The minimum atomic E-state index is -0.907. The Morgan fingerprint density at radius 1 is 1.27 bits per heavy atom. The number of imide groups is 1. The molecule has 1 heterocycles. The first-order chi connectivity index (χ1) is 12.4. The highest BCUT2D eigenvalue weighted by molar-refractivity contribution is 6.31. The number of hydrogen-bond acceptors (Lipinski definition) is 6. The van der Waals surface area contributed by atoms with Gasteiger partial charge in [0.2, 0.25) is 5.91 Å². The van der Waals surface area contributed by atoms with Gasteiger partial charge in [-0.3, -0.25) is 19.7 Å². The Morgan fingerprint density at radius 3 is 2.69 bits per heavy atom. The molecule has 1 atom stereocenters. The zero-order chi connectivity index (χ0) is 19.1. The fraction of sp³-hybridized carbons (Fsp3) is 0.412. The van der Waals surface area contributed by atoms with Gasteiger partial charge in [0.15, 0.2) is 6.61 Å². The summed E-state index contributed by atoms with van der Waals surface area (Å²) in [4.78, 5) is 48.2. The monoisotopic (exact) mass is 382 g/mol. The minimum Gasteiger partial charge on any atom is -0.455 e. The zero-order valence-electron chi connectivity index (χ0n) is 14.2. The number of halogens is 1. The first kappa shape index (κ1) is 19.7. The van der Waals surface area contributed by atoms with Crippen molar-refractivity contribution < 1.29 is 28.7 Å².